The molecular formula is C10H12N4O2S2. The van der Waals surface area contributed by atoms with Crippen LogP contribution in [0, 0.1) is 0 Å². The first-order valence-electron chi connectivity index (χ1n) is 5.17. The highest BCUT2D eigenvalue weighted by molar-refractivity contribution is 7.89. The lowest BCUT2D eigenvalue weighted by molar-refractivity contribution is 0.578. The van der Waals surface area contributed by atoms with Gasteiger partial charge in [-0.1, -0.05) is 0 Å². The largest absolute Gasteiger partial charge is 0.396 e. The van der Waals surface area contributed by atoms with Crippen LogP contribution in [0.15, 0.2) is 34.2 Å². The van der Waals surface area contributed by atoms with Crippen LogP contribution in [-0.2, 0) is 16.4 Å². The second-order valence-electron chi connectivity index (χ2n) is 3.53. The number of pyridine rings is 1. The van der Waals surface area contributed by atoms with Crippen molar-refractivity contribution >= 4 is 27.0 Å². The molecule has 2 aromatic heterocycles. The maximum Gasteiger partial charge on any atom is 0.260 e. The van der Waals surface area contributed by atoms with Crippen LogP contribution in [0.5, 0.6) is 0 Å². The predicted octanol–water partition coefficient (Wildman–Crippen LogP) is 0.641. The monoisotopic (exact) mass is 284 g/mol. The second-order valence-corrected chi connectivity index (χ2v) is 5.93. The Morgan fingerprint density at radius 1 is 1.39 bits per heavy atom. The van der Waals surface area contributed by atoms with E-state index in [1.807, 2.05) is 5.38 Å². The minimum Gasteiger partial charge on any atom is -0.396 e. The normalized spacial score (nSPS) is 11.6. The summed E-state index contributed by atoms with van der Waals surface area (Å²) in [5, 5.41) is 1.74. The Labute approximate surface area is 109 Å². The highest BCUT2D eigenvalue weighted by Gasteiger charge is 2.17. The third-order valence-electron chi connectivity index (χ3n) is 2.21. The maximum atomic E-state index is 11.9. The fourth-order valence-corrected chi connectivity index (χ4v) is 3.05. The van der Waals surface area contributed by atoms with Crippen molar-refractivity contribution in [3.63, 3.8) is 0 Å². The highest BCUT2D eigenvalue weighted by Crippen LogP contribution is 2.13. The number of hydrogen-bond donors (Lipinski definition) is 2. The fraction of sp³-hybridized carbons (Fsp3) is 0.200. The number of nitrogens with zero attached hydrogens (tertiary/aromatic N) is 2. The molecule has 2 aromatic rings. The summed E-state index contributed by atoms with van der Waals surface area (Å²) in [5.41, 5.74) is 8.29. The topological polar surface area (TPSA) is 98.0 Å². The van der Waals surface area contributed by atoms with Crippen molar-refractivity contribution in [3.05, 3.63) is 34.9 Å². The third kappa shape index (κ3) is 3.03. The lowest BCUT2D eigenvalue weighted by Gasteiger charge is -2.06. The first-order valence-corrected chi connectivity index (χ1v) is 7.59. The lowest BCUT2D eigenvalue weighted by Crippen LogP contribution is -2.27. The Bertz CT molecular complexity index is 611. The zero-order valence-corrected chi connectivity index (χ0v) is 11.0. The molecule has 0 spiro atoms. The molecule has 0 aliphatic carbocycles. The number of aromatic nitrogens is 2. The van der Waals surface area contributed by atoms with E-state index in [0.717, 1.165) is 5.69 Å². The molecule has 3 N–H and O–H groups in total. The molecule has 0 atom stereocenters. The molecule has 0 amide bonds. The molecular weight excluding hydrogens is 272 g/mol. The average molecular weight is 284 g/mol. The number of thiazole rings is 1. The molecule has 0 aliphatic rings. The van der Waals surface area contributed by atoms with Crippen LogP contribution in [-0.4, -0.2) is 24.9 Å². The van der Waals surface area contributed by atoms with Crippen LogP contribution in [0.25, 0.3) is 0 Å². The predicted molar refractivity (Wildman–Crippen MR) is 69.7 cm³/mol. The van der Waals surface area contributed by atoms with E-state index in [4.69, 9.17) is 5.73 Å². The van der Waals surface area contributed by atoms with Crippen LogP contribution in [0.1, 0.15) is 5.69 Å². The van der Waals surface area contributed by atoms with Gasteiger partial charge in [-0.25, -0.2) is 23.1 Å². The molecule has 6 nitrogen and oxygen atoms in total. The van der Waals surface area contributed by atoms with Gasteiger partial charge in [0.1, 0.15) is 0 Å². The van der Waals surface area contributed by atoms with E-state index in [0.29, 0.717) is 6.42 Å². The molecule has 8 heteroatoms. The van der Waals surface area contributed by atoms with Crippen molar-refractivity contribution in [1.29, 1.82) is 0 Å². The number of anilines is 1. The smallest absolute Gasteiger partial charge is 0.260 e. The summed E-state index contributed by atoms with van der Waals surface area (Å²) in [7, 11) is -3.65. The molecule has 0 radical (unpaired) electrons. The van der Waals surface area contributed by atoms with Gasteiger partial charge in [-0.3, -0.25) is 0 Å². The van der Waals surface area contributed by atoms with Gasteiger partial charge in [-0.05, 0) is 12.1 Å². The first-order chi connectivity index (χ1) is 8.59. The maximum absolute atomic E-state index is 11.9. The van der Waals surface area contributed by atoms with Gasteiger partial charge in [0.15, 0.2) is 5.03 Å². The summed E-state index contributed by atoms with van der Waals surface area (Å²) in [6.45, 7) is 0.266. The SMILES string of the molecule is Nc1cccnc1S(=O)(=O)NCCc1cscn1. The van der Waals surface area contributed by atoms with Crippen molar-refractivity contribution in [2.45, 2.75) is 11.4 Å². The van der Waals surface area contributed by atoms with Gasteiger partial charge in [0.05, 0.1) is 16.9 Å². The quantitative estimate of drug-likeness (QED) is 0.839. The Kier molecular flexibility index (Phi) is 3.90. The van der Waals surface area contributed by atoms with Crippen molar-refractivity contribution in [3.8, 4) is 0 Å². The summed E-state index contributed by atoms with van der Waals surface area (Å²) in [6.07, 6.45) is 1.93. The van der Waals surface area contributed by atoms with Gasteiger partial charge < -0.3 is 5.73 Å². The van der Waals surface area contributed by atoms with E-state index in [1.165, 1.54) is 23.6 Å². The molecule has 2 heterocycles. The Hall–Kier alpha value is -1.51. The highest BCUT2D eigenvalue weighted by atomic mass is 32.2. The molecule has 96 valence electrons. The summed E-state index contributed by atoms with van der Waals surface area (Å²) in [6, 6.07) is 3.09. The van der Waals surface area contributed by atoms with E-state index < -0.39 is 10.0 Å². The molecule has 18 heavy (non-hydrogen) atoms. The number of rotatable bonds is 5. The minimum atomic E-state index is -3.65. The van der Waals surface area contributed by atoms with Crippen molar-refractivity contribution in [2.24, 2.45) is 0 Å². The summed E-state index contributed by atoms with van der Waals surface area (Å²) in [4.78, 5) is 7.85. The van der Waals surface area contributed by atoms with Crippen LogP contribution in [0.4, 0.5) is 5.69 Å². The van der Waals surface area contributed by atoms with E-state index in [2.05, 4.69) is 14.7 Å². The summed E-state index contributed by atoms with van der Waals surface area (Å²) >= 11 is 1.48. The zero-order chi connectivity index (χ0) is 13.0. The van der Waals surface area contributed by atoms with Crippen molar-refractivity contribution < 1.29 is 8.42 Å². The van der Waals surface area contributed by atoms with Gasteiger partial charge in [0, 0.05) is 24.5 Å². The fourth-order valence-electron chi connectivity index (χ4n) is 1.37. The van der Waals surface area contributed by atoms with E-state index >= 15 is 0 Å². The average Bonchev–Trinajstić information content (AvgIpc) is 2.82. The molecule has 0 fully saturated rings. The Balaban J connectivity index is 2.02. The first kappa shape index (κ1) is 12.9. The van der Waals surface area contributed by atoms with Crippen LogP contribution < -0.4 is 10.5 Å². The van der Waals surface area contributed by atoms with Crippen LogP contribution >= 0.6 is 11.3 Å². The van der Waals surface area contributed by atoms with Gasteiger partial charge in [-0.2, -0.15) is 0 Å². The minimum absolute atomic E-state index is 0.136. The Morgan fingerprint density at radius 2 is 2.22 bits per heavy atom. The molecule has 2 rings (SSSR count). The number of nitrogens with one attached hydrogen (secondary N) is 1. The van der Waals surface area contributed by atoms with Crippen molar-refractivity contribution in [2.75, 3.05) is 12.3 Å². The van der Waals surface area contributed by atoms with E-state index in [-0.39, 0.29) is 17.3 Å². The molecule has 0 unspecified atom stereocenters. The second kappa shape index (κ2) is 5.42. The summed E-state index contributed by atoms with van der Waals surface area (Å²) in [5.74, 6) is 0. The molecule has 0 saturated heterocycles. The lowest BCUT2D eigenvalue weighted by atomic mass is 10.3. The van der Waals surface area contributed by atoms with Gasteiger partial charge >= 0.3 is 0 Å². The molecule has 0 aliphatic heterocycles. The zero-order valence-electron chi connectivity index (χ0n) is 9.41. The van der Waals surface area contributed by atoms with Gasteiger partial charge in [0.25, 0.3) is 10.0 Å². The van der Waals surface area contributed by atoms with Gasteiger partial charge in [-0.15, -0.1) is 11.3 Å². The molecule has 0 aromatic carbocycles. The van der Waals surface area contributed by atoms with Crippen LogP contribution in [0.2, 0.25) is 0 Å². The standard InChI is InChI=1S/C10H12N4O2S2/c11-9-2-1-4-12-10(9)18(15,16)14-5-3-8-6-17-7-13-8/h1-2,4,6-7,14H,3,5,11H2. The van der Waals surface area contributed by atoms with E-state index in [1.54, 1.807) is 11.6 Å². The van der Waals surface area contributed by atoms with Crippen LogP contribution in [0.3, 0.4) is 0 Å². The van der Waals surface area contributed by atoms with Gasteiger partial charge in [0.2, 0.25) is 0 Å². The molecule has 0 bridgehead atoms. The summed E-state index contributed by atoms with van der Waals surface area (Å²) < 4.78 is 26.3. The number of hydrogen-bond acceptors (Lipinski definition) is 6. The molecule has 0 saturated carbocycles. The number of nitrogens with two attached hydrogens (primary N) is 1. The Morgan fingerprint density at radius 3 is 2.89 bits per heavy atom. The van der Waals surface area contributed by atoms with Crippen molar-refractivity contribution in [1.82, 2.24) is 14.7 Å². The number of nitrogen functional groups attached to an aromatic ring is 1. The third-order valence-corrected chi connectivity index (χ3v) is 4.28. The van der Waals surface area contributed by atoms with E-state index in [9.17, 15) is 8.42 Å². The number of sulfonamides is 1.